The molecule has 5 nitrogen and oxygen atoms in total. The van der Waals surface area contributed by atoms with Crippen molar-refractivity contribution >= 4 is 28.8 Å². The Bertz CT molecular complexity index is 508. The average Bonchev–Trinajstić information content (AvgIpc) is 2.57. The third kappa shape index (κ3) is 2.07. The van der Waals surface area contributed by atoms with Crippen molar-refractivity contribution in [2.45, 2.75) is 6.92 Å². The smallest absolute Gasteiger partial charge is 0.239 e. The maximum atomic E-state index is 11.0. The summed E-state index contributed by atoms with van der Waals surface area (Å²) < 4.78 is 1.61. The molecule has 2 aromatic heterocycles. The fraction of sp³-hybridized carbons (Fsp3) is 0.222. The minimum atomic E-state index is -0.262. The predicted octanol–water partition coefficient (Wildman–Crippen LogP) is 1.22. The molecule has 0 fully saturated rings. The Morgan fingerprint density at radius 2 is 2.47 bits per heavy atom. The van der Waals surface area contributed by atoms with E-state index in [1.54, 1.807) is 16.9 Å². The van der Waals surface area contributed by atoms with Crippen molar-refractivity contribution in [1.82, 2.24) is 14.6 Å². The number of hydrogen-bond acceptors (Lipinski definition) is 3. The summed E-state index contributed by atoms with van der Waals surface area (Å²) in [5.41, 5.74) is 2.20. The molecule has 0 unspecified atom stereocenters. The SMILES string of the molecule is Cc1cc2ncc(NC(=O)CCl)cn2n1. The number of aromatic nitrogens is 3. The van der Waals surface area contributed by atoms with Crippen molar-refractivity contribution in [2.75, 3.05) is 11.2 Å². The molecule has 0 radical (unpaired) electrons. The van der Waals surface area contributed by atoms with Crippen molar-refractivity contribution in [3.05, 3.63) is 24.2 Å². The van der Waals surface area contributed by atoms with Gasteiger partial charge in [-0.2, -0.15) is 5.10 Å². The third-order valence-corrected chi connectivity index (χ3v) is 2.08. The maximum absolute atomic E-state index is 11.0. The largest absolute Gasteiger partial charge is 0.322 e. The van der Waals surface area contributed by atoms with Gasteiger partial charge in [-0.15, -0.1) is 11.6 Å². The van der Waals surface area contributed by atoms with Gasteiger partial charge in [0.2, 0.25) is 5.91 Å². The van der Waals surface area contributed by atoms with E-state index in [9.17, 15) is 4.79 Å². The number of nitrogens with zero attached hydrogens (tertiary/aromatic N) is 3. The highest BCUT2D eigenvalue weighted by Crippen LogP contribution is 2.08. The predicted molar refractivity (Wildman–Crippen MR) is 57.1 cm³/mol. The number of hydrogen-bond donors (Lipinski definition) is 1. The van der Waals surface area contributed by atoms with Gasteiger partial charge < -0.3 is 5.32 Å². The molecule has 0 atom stereocenters. The molecule has 2 rings (SSSR count). The lowest BCUT2D eigenvalue weighted by Gasteiger charge is -2.01. The second-order valence-electron chi connectivity index (χ2n) is 3.11. The lowest BCUT2D eigenvalue weighted by atomic mass is 10.4. The Morgan fingerprint density at radius 3 is 3.20 bits per heavy atom. The molecule has 15 heavy (non-hydrogen) atoms. The summed E-state index contributed by atoms with van der Waals surface area (Å²) >= 11 is 5.37. The molecule has 2 heterocycles. The highest BCUT2D eigenvalue weighted by Gasteiger charge is 2.03. The lowest BCUT2D eigenvalue weighted by molar-refractivity contribution is -0.113. The number of halogens is 1. The van der Waals surface area contributed by atoms with Crippen molar-refractivity contribution in [2.24, 2.45) is 0 Å². The van der Waals surface area contributed by atoms with Crippen molar-refractivity contribution in [1.29, 1.82) is 0 Å². The Kier molecular flexibility index (Phi) is 2.55. The highest BCUT2D eigenvalue weighted by atomic mass is 35.5. The number of anilines is 1. The van der Waals surface area contributed by atoms with Crippen LogP contribution in [-0.4, -0.2) is 26.4 Å². The zero-order valence-electron chi connectivity index (χ0n) is 8.07. The summed E-state index contributed by atoms with van der Waals surface area (Å²) in [5, 5.41) is 6.78. The number of rotatable bonds is 2. The van der Waals surface area contributed by atoms with Gasteiger partial charge in [-0.3, -0.25) is 4.79 Å². The first-order valence-corrected chi connectivity index (χ1v) is 4.90. The fourth-order valence-electron chi connectivity index (χ4n) is 1.25. The van der Waals surface area contributed by atoms with Crippen LogP contribution in [0.3, 0.4) is 0 Å². The van der Waals surface area contributed by atoms with Crippen molar-refractivity contribution in [3.63, 3.8) is 0 Å². The molecule has 6 heteroatoms. The van der Waals surface area contributed by atoms with Crippen LogP contribution in [0.5, 0.6) is 0 Å². The fourth-order valence-corrected chi connectivity index (χ4v) is 1.32. The molecule has 0 aliphatic heterocycles. The minimum absolute atomic E-state index is 0.0732. The molecule has 0 saturated heterocycles. The first-order chi connectivity index (χ1) is 7.19. The van der Waals surface area contributed by atoms with E-state index >= 15 is 0 Å². The molecule has 0 aromatic carbocycles. The molecule has 0 aliphatic carbocycles. The van der Waals surface area contributed by atoms with Gasteiger partial charge in [0, 0.05) is 6.07 Å². The van der Waals surface area contributed by atoms with Gasteiger partial charge in [-0.1, -0.05) is 0 Å². The number of alkyl halides is 1. The Balaban J connectivity index is 2.33. The number of fused-ring (bicyclic) bond motifs is 1. The van der Waals surface area contributed by atoms with Gasteiger partial charge in [-0.05, 0) is 6.92 Å². The van der Waals surface area contributed by atoms with Crippen LogP contribution in [-0.2, 0) is 4.79 Å². The molecule has 1 amide bonds. The van der Waals surface area contributed by atoms with E-state index in [1.807, 2.05) is 13.0 Å². The molecular weight excluding hydrogens is 216 g/mol. The number of carbonyl (C=O) groups is 1. The summed E-state index contributed by atoms with van der Waals surface area (Å²) in [7, 11) is 0. The topological polar surface area (TPSA) is 59.3 Å². The van der Waals surface area contributed by atoms with Crippen LogP contribution in [0, 0.1) is 6.92 Å². The van der Waals surface area contributed by atoms with Gasteiger partial charge in [0.1, 0.15) is 5.88 Å². The summed E-state index contributed by atoms with van der Waals surface area (Å²) in [6.07, 6.45) is 3.26. The van der Waals surface area contributed by atoms with Gasteiger partial charge in [0.25, 0.3) is 0 Å². The molecule has 0 spiro atoms. The molecule has 1 N–H and O–H groups in total. The second kappa shape index (κ2) is 3.86. The van der Waals surface area contributed by atoms with Crippen LogP contribution in [0.15, 0.2) is 18.5 Å². The van der Waals surface area contributed by atoms with Crippen LogP contribution in [0.4, 0.5) is 5.69 Å². The van der Waals surface area contributed by atoms with Gasteiger partial charge in [0.05, 0.1) is 23.8 Å². The van der Waals surface area contributed by atoms with E-state index in [-0.39, 0.29) is 11.8 Å². The Morgan fingerprint density at radius 1 is 1.67 bits per heavy atom. The number of nitrogens with one attached hydrogen (secondary N) is 1. The van der Waals surface area contributed by atoms with Crippen LogP contribution in [0.2, 0.25) is 0 Å². The van der Waals surface area contributed by atoms with Crippen molar-refractivity contribution < 1.29 is 4.79 Å². The van der Waals surface area contributed by atoms with E-state index < -0.39 is 0 Å². The standard InChI is InChI=1S/C9H9ClN4O/c1-6-2-8-11-4-7(5-14(8)13-6)12-9(15)3-10/h2,4-5H,3H2,1H3,(H,12,15). The first kappa shape index (κ1) is 9.92. The van der Waals surface area contributed by atoms with Gasteiger partial charge in [-0.25, -0.2) is 9.50 Å². The van der Waals surface area contributed by atoms with Gasteiger partial charge in [0.15, 0.2) is 5.65 Å². The highest BCUT2D eigenvalue weighted by molar-refractivity contribution is 6.29. The van der Waals surface area contributed by atoms with Crippen LogP contribution >= 0.6 is 11.6 Å². The second-order valence-corrected chi connectivity index (χ2v) is 3.38. The van der Waals surface area contributed by atoms with E-state index in [1.165, 1.54) is 0 Å². The molecule has 0 saturated carbocycles. The zero-order chi connectivity index (χ0) is 10.8. The number of carbonyl (C=O) groups excluding carboxylic acids is 1. The average molecular weight is 225 g/mol. The number of aryl methyl sites for hydroxylation is 1. The van der Waals surface area contributed by atoms with Crippen molar-refractivity contribution in [3.8, 4) is 0 Å². The van der Waals surface area contributed by atoms with E-state index in [4.69, 9.17) is 11.6 Å². The van der Waals surface area contributed by atoms with E-state index in [0.29, 0.717) is 5.69 Å². The normalized spacial score (nSPS) is 10.5. The van der Waals surface area contributed by atoms with Gasteiger partial charge >= 0.3 is 0 Å². The quantitative estimate of drug-likeness (QED) is 0.781. The lowest BCUT2D eigenvalue weighted by Crippen LogP contribution is -2.13. The minimum Gasteiger partial charge on any atom is -0.322 e. The summed E-state index contributed by atoms with van der Waals surface area (Å²) in [5.74, 6) is -0.336. The van der Waals surface area contributed by atoms with Crippen LogP contribution in [0.25, 0.3) is 5.65 Å². The molecular formula is C9H9ClN4O. The molecule has 0 bridgehead atoms. The van der Waals surface area contributed by atoms with Crippen LogP contribution < -0.4 is 5.32 Å². The zero-order valence-corrected chi connectivity index (χ0v) is 8.82. The number of amides is 1. The van der Waals surface area contributed by atoms with E-state index in [0.717, 1.165) is 11.3 Å². The molecule has 2 aromatic rings. The maximum Gasteiger partial charge on any atom is 0.239 e. The molecule has 78 valence electrons. The monoisotopic (exact) mass is 224 g/mol. The Hall–Kier alpha value is -1.62. The third-order valence-electron chi connectivity index (χ3n) is 1.84. The summed E-state index contributed by atoms with van der Waals surface area (Å²) in [4.78, 5) is 15.2. The summed E-state index contributed by atoms with van der Waals surface area (Å²) in [6, 6.07) is 1.85. The summed E-state index contributed by atoms with van der Waals surface area (Å²) in [6.45, 7) is 1.88. The van der Waals surface area contributed by atoms with Crippen LogP contribution in [0.1, 0.15) is 5.69 Å². The van der Waals surface area contributed by atoms with E-state index in [2.05, 4.69) is 15.4 Å². The first-order valence-electron chi connectivity index (χ1n) is 4.37. The molecule has 0 aliphatic rings. The Labute approximate surface area is 91.1 Å².